The van der Waals surface area contributed by atoms with Crippen molar-refractivity contribution in [1.29, 1.82) is 0 Å². The Balaban J connectivity index is 2.91. The van der Waals surface area contributed by atoms with E-state index in [4.69, 9.17) is 4.74 Å². The van der Waals surface area contributed by atoms with E-state index >= 15 is 0 Å². The van der Waals surface area contributed by atoms with Crippen molar-refractivity contribution in [2.45, 2.75) is 33.2 Å². The van der Waals surface area contributed by atoms with Crippen LogP contribution in [0, 0.1) is 0 Å². The zero-order valence-electron chi connectivity index (χ0n) is 10.0. The molecule has 1 N–H and O–H groups in total. The van der Waals surface area contributed by atoms with Crippen molar-refractivity contribution in [2.75, 3.05) is 13.2 Å². The quantitative estimate of drug-likeness (QED) is 0.715. The lowest BCUT2D eigenvalue weighted by molar-refractivity contribution is -0.138. The number of hydrogen-bond acceptors (Lipinski definition) is 4. The van der Waals surface area contributed by atoms with E-state index in [1.807, 2.05) is 20.8 Å². The molecule has 0 fully saturated rings. The molecular weight excluding hydrogens is 210 g/mol. The van der Waals surface area contributed by atoms with Crippen LogP contribution in [0.3, 0.4) is 0 Å². The summed E-state index contributed by atoms with van der Waals surface area (Å²) < 4.78 is 4.77. The summed E-state index contributed by atoms with van der Waals surface area (Å²) in [5.41, 5.74) is -0.388. The lowest BCUT2D eigenvalue weighted by atomic mass is 10.1. The highest BCUT2D eigenvalue weighted by atomic mass is 16.5. The first-order chi connectivity index (χ1) is 7.29. The van der Waals surface area contributed by atoms with E-state index in [-0.39, 0.29) is 18.7 Å². The van der Waals surface area contributed by atoms with E-state index in [0.29, 0.717) is 0 Å². The van der Waals surface area contributed by atoms with Crippen molar-refractivity contribution >= 4 is 11.9 Å². The Hall–Kier alpha value is -1.52. The normalized spacial score (nSPS) is 17.0. The Kier molecular flexibility index (Phi) is 3.26. The van der Waals surface area contributed by atoms with Gasteiger partial charge in [-0.25, -0.2) is 4.79 Å². The number of carbonyl (C=O) groups is 2. The Labute approximate surface area is 94.7 Å². The Morgan fingerprint density at radius 3 is 2.44 bits per heavy atom. The summed E-state index contributed by atoms with van der Waals surface area (Å²) in [4.78, 5) is 24.6. The second-order valence-corrected chi connectivity index (χ2v) is 4.61. The van der Waals surface area contributed by atoms with Gasteiger partial charge in [-0.1, -0.05) is 0 Å². The zero-order valence-corrected chi connectivity index (χ0v) is 10.0. The van der Waals surface area contributed by atoms with Crippen molar-refractivity contribution in [3.8, 4) is 0 Å². The molecule has 0 saturated heterocycles. The highest BCUT2D eigenvalue weighted by Gasteiger charge is 2.39. The van der Waals surface area contributed by atoms with Crippen molar-refractivity contribution in [3.63, 3.8) is 0 Å². The number of esters is 1. The van der Waals surface area contributed by atoms with Crippen LogP contribution >= 0.6 is 0 Å². The number of rotatable bonds is 2. The van der Waals surface area contributed by atoms with Crippen LogP contribution in [0.5, 0.6) is 0 Å². The molecule has 0 spiro atoms. The smallest absolute Gasteiger partial charge is 0.339 e. The molecular formula is C11H17NO4. The van der Waals surface area contributed by atoms with Crippen LogP contribution in [0.25, 0.3) is 0 Å². The van der Waals surface area contributed by atoms with E-state index < -0.39 is 23.2 Å². The molecule has 5 nitrogen and oxygen atoms in total. The number of nitrogens with zero attached hydrogens (tertiary/aromatic N) is 1. The molecule has 0 aromatic carbocycles. The Bertz CT molecular complexity index is 351. The summed E-state index contributed by atoms with van der Waals surface area (Å²) in [6.07, 6.45) is 0. The molecule has 1 rings (SSSR count). The molecule has 0 bridgehead atoms. The first kappa shape index (κ1) is 12.5. The van der Waals surface area contributed by atoms with Gasteiger partial charge in [0, 0.05) is 5.54 Å². The third kappa shape index (κ3) is 2.18. The molecule has 1 aliphatic rings. The SMILES string of the molecule is CCOC(=O)C1=C(O)C(=O)N(C(C)(C)C)C1. The summed E-state index contributed by atoms with van der Waals surface area (Å²) in [5.74, 6) is -1.64. The molecule has 1 amide bonds. The number of hydrogen-bond donors (Lipinski definition) is 1. The lowest BCUT2D eigenvalue weighted by Gasteiger charge is -2.31. The summed E-state index contributed by atoms with van der Waals surface area (Å²) in [6, 6.07) is 0. The maximum absolute atomic E-state index is 11.7. The predicted octanol–water partition coefficient (Wildman–Crippen LogP) is 1.00. The summed E-state index contributed by atoms with van der Waals surface area (Å²) in [7, 11) is 0. The zero-order chi connectivity index (χ0) is 12.5. The summed E-state index contributed by atoms with van der Waals surface area (Å²) >= 11 is 0. The number of carbonyl (C=O) groups excluding carboxylic acids is 2. The fourth-order valence-corrected chi connectivity index (χ4v) is 1.48. The van der Waals surface area contributed by atoms with E-state index in [0.717, 1.165) is 0 Å². The van der Waals surface area contributed by atoms with E-state index in [1.165, 1.54) is 4.90 Å². The van der Waals surface area contributed by atoms with Crippen molar-refractivity contribution < 1.29 is 19.4 Å². The minimum Gasteiger partial charge on any atom is -0.503 e. The highest BCUT2D eigenvalue weighted by molar-refractivity contribution is 6.05. The maximum Gasteiger partial charge on any atom is 0.339 e. The number of amides is 1. The topological polar surface area (TPSA) is 66.8 Å². The molecule has 0 aromatic rings. The minimum absolute atomic E-state index is 0.0433. The Morgan fingerprint density at radius 2 is 2.06 bits per heavy atom. The average molecular weight is 227 g/mol. The third-order valence-corrected chi connectivity index (χ3v) is 2.38. The maximum atomic E-state index is 11.7. The molecule has 16 heavy (non-hydrogen) atoms. The van der Waals surface area contributed by atoms with E-state index in [2.05, 4.69) is 0 Å². The fourth-order valence-electron chi connectivity index (χ4n) is 1.48. The molecule has 0 atom stereocenters. The van der Waals surface area contributed by atoms with Crippen LogP contribution in [0.15, 0.2) is 11.3 Å². The summed E-state index contributed by atoms with van der Waals surface area (Å²) in [5, 5.41) is 9.58. The van der Waals surface area contributed by atoms with Gasteiger partial charge in [0.25, 0.3) is 5.91 Å². The minimum atomic E-state index is -0.625. The van der Waals surface area contributed by atoms with Gasteiger partial charge in [-0.15, -0.1) is 0 Å². The van der Waals surface area contributed by atoms with Crippen LogP contribution in [0.2, 0.25) is 0 Å². The number of aliphatic hydroxyl groups excluding tert-OH is 1. The molecule has 0 aromatic heterocycles. The number of ether oxygens (including phenoxy) is 1. The average Bonchev–Trinajstić information content (AvgIpc) is 2.44. The molecule has 5 heteroatoms. The van der Waals surface area contributed by atoms with Crippen LogP contribution in [-0.2, 0) is 14.3 Å². The molecule has 1 aliphatic heterocycles. The largest absolute Gasteiger partial charge is 0.503 e. The molecule has 0 aliphatic carbocycles. The monoisotopic (exact) mass is 227 g/mol. The first-order valence-corrected chi connectivity index (χ1v) is 5.20. The van der Waals surface area contributed by atoms with Crippen LogP contribution in [-0.4, -0.2) is 40.6 Å². The van der Waals surface area contributed by atoms with Gasteiger partial charge in [-0.2, -0.15) is 0 Å². The predicted molar refractivity (Wildman–Crippen MR) is 57.8 cm³/mol. The second kappa shape index (κ2) is 4.15. The van der Waals surface area contributed by atoms with Crippen molar-refractivity contribution in [2.24, 2.45) is 0 Å². The third-order valence-electron chi connectivity index (χ3n) is 2.38. The highest BCUT2D eigenvalue weighted by Crippen LogP contribution is 2.25. The molecule has 0 unspecified atom stereocenters. The lowest BCUT2D eigenvalue weighted by Crippen LogP contribution is -2.43. The molecule has 0 radical (unpaired) electrons. The fraction of sp³-hybridized carbons (Fsp3) is 0.636. The van der Waals surface area contributed by atoms with Crippen molar-refractivity contribution in [1.82, 2.24) is 4.90 Å². The van der Waals surface area contributed by atoms with Gasteiger partial charge in [0.15, 0.2) is 5.76 Å². The van der Waals surface area contributed by atoms with Gasteiger partial charge in [0.2, 0.25) is 0 Å². The Morgan fingerprint density at radius 1 is 1.50 bits per heavy atom. The van der Waals surface area contributed by atoms with Gasteiger partial charge >= 0.3 is 5.97 Å². The second-order valence-electron chi connectivity index (χ2n) is 4.61. The number of aliphatic hydroxyl groups is 1. The van der Waals surface area contributed by atoms with Gasteiger partial charge in [-0.3, -0.25) is 4.79 Å². The molecule has 0 saturated carbocycles. The van der Waals surface area contributed by atoms with Crippen LogP contribution < -0.4 is 0 Å². The first-order valence-electron chi connectivity index (χ1n) is 5.20. The van der Waals surface area contributed by atoms with E-state index in [9.17, 15) is 14.7 Å². The van der Waals surface area contributed by atoms with Gasteiger partial charge < -0.3 is 14.7 Å². The van der Waals surface area contributed by atoms with Crippen LogP contribution in [0.1, 0.15) is 27.7 Å². The summed E-state index contributed by atoms with van der Waals surface area (Å²) in [6.45, 7) is 7.52. The van der Waals surface area contributed by atoms with E-state index in [1.54, 1.807) is 6.92 Å². The van der Waals surface area contributed by atoms with Crippen molar-refractivity contribution in [3.05, 3.63) is 11.3 Å². The van der Waals surface area contributed by atoms with Gasteiger partial charge in [0.1, 0.15) is 5.57 Å². The molecule has 90 valence electrons. The standard InChI is InChI=1S/C11H17NO4/c1-5-16-10(15)7-6-12(11(2,3)4)9(14)8(7)13/h13H,5-6H2,1-4H3. The molecule has 1 heterocycles. The van der Waals surface area contributed by atoms with Crippen LogP contribution in [0.4, 0.5) is 0 Å². The van der Waals surface area contributed by atoms with Gasteiger partial charge in [-0.05, 0) is 27.7 Å². The van der Waals surface area contributed by atoms with Gasteiger partial charge in [0.05, 0.1) is 13.2 Å².